The maximum Gasteiger partial charge on any atom is 0.0930 e. The molecule has 3 heterocycles. The van der Waals surface area contributed by atoms with Gasteiger partial charge >= 0.3 is 0 Å². The average molecular weight is 353 g/mol. The van der Waals surface area contributed by atoms with Gasteiger partial charge in [-0.15, -0.1) is 23.7 Å². The quantitative estimate of drug-likeness (QED) is 0.896. The van der Waals surface area contributed by atoms with Gasteiger partial charge in [-0.1, -0.05) is 19.9 Å². The fraction of sp³-hybridized carbons (Fsp3) is 0.529. The van der Waals surface area contributed by atoms with Crippen LogP contribution < -0.4 is 5.32 Å². The van der Waals surface area contributed by atoms with Crippen molar-refractivity contribution in [3.05, 3.63) is 46.2 Å². The van der Waals surface area contributed by atoms with E-state index in [0.717, 1.165) is 32.6 Å². The molecule has 126 valence electrons. The van der Waals surface area contributed by atoms with E-state index in [2.05, 4.69) is 46.3 Å². The van der Waals surface area contributed by atoms with Crippen molar-refractivity contribution >= 4 is 23.7 Å². The van der Waals surface area contributed by atoms with Crippen molar-refractivity contribution in [1.82, 2.24) is 20.2 Å². The first kappa shape index (κ1) is 18.3. The van der Waals surface area contributed by atoms with Crippen LogP contribution in [0.2, 0.25) is 0 Å². The molecule has 0 aromatic carbocycles. The number of pyridine rings is 1. The van der Waals surface area contributed by atoms with Crippen LogP contribution in [-0.2, 0) is 13.0 Å². The molecule has 0 saturated carbocycles. The smallest absolute Gasteiger partial charge is 0.0930 e. The van der Waals surface area contributed by atoms with Crippen molar-refractivity contribution < 1.29 is 0 Å². The summed E-state index contributed by atoms with van der Waals surface area (Å²) in [5.74, 6) is 0.668. The molecule has 1 aliphatic rings. The lowest BCUT2D eigenvalue weighted by molar-refractivity contribution is 0.155. The van der Waals surface area contributed by atoms with Crippen LogP contribution in [-0.4, -0.2) is 34.5 Å². The van der Waals surface area contributed by atoms with Crippen LogP contribution in [0.1, 0.15) is 35.3 Å². The Morgan fingerprint density at radius 1 is 1.39 bits per heavy atom. The molecule has 3 rings (SSSR count). The Hall–Kier alpha value is -1.01. The molecule has 2 aromatic heterocycles. The standard InChI is InChI=1S/C17H24N4S.ClH/c1-13(2)8-17-20-10-15(22-17)12-21-7-6-19-11-16(21)14-4-3-5-18-9-14;/h3-5,9-10,13,16,19H,6-8,11-12H2,1-2H3;1H. The van der Waals surface area contributed by atoms with E-state index >= 15 is 0 Å². The summed E-state index contributed by atoms with van der Waals surface area (Å²) in [5, 5.41) is 4.76. The summed E-state index contributed by atoms with van der Waals surface area (Å²) in [6.45, 7) is 8.58. The number of hydrogen-bond donors (Lipinski definition) is 1. The first-order valence-electron chi connectivity index (χ1n) is 8.00. The maximum absolute atomic E-state index is 4.58. The van der Waals surface area contributed by atoms with Gasteiger partial charge in [0, 0.05) is 62.1 Å². The summed E-state index contributed by atoms with van der Waals surface area (Å²) in [4.78, 5) is 12.8. The van der Waals surface area contributed by atoms with E-state index in [4.69, 9.17) is 0 Å². The van der Waals surface area contributed by atoms with E-state index < -0.39 is 0 Å². The largest absolute Gasteiger partial charge is 0.314 e. The summed E-state index contributed by atoms with van der Waals surface area (Å²) in [6.07, 6.45) is 6.97. The number of halogens is 1. The molecule has 1 unspecified atom stereocenters. The van der Waals surface area contributed by atoms with Gasteiger partial charge in [0.1, 0.15) is 0 Å². The molecule has 4 nitrogen and oxygen atoms in total. The lowest BCUT2D eigenvalue weighted by Gasteiger charge is -2.36. The van der Waals surface area contributed by atoms with Crippen molar-refractivity contribution in [2.24, 2.45) is 5.92 Å². The van der Waals surface area contributed by atoms with E-state index in [1.54, 1.807) is 0 Å². The molecule has 1 fully saturated rings. The van der Waals surface area contributed by atoms with Crippen molar-refractivity contribution in [2.45, 2.75) is 32.9 Å². The number of nitrogens with one attached hydrogen (secondary N) is 1. The van der Waals surface area contributed by atoms with Crippen molar-refractivity contribution in [2.75, 3.05) is 19.6 Å². The molecule has 2 aromatic rings. The molecule has 1 N–H and O–H groups in total. The van der Waals surface area contributed by atoms with Gasteiger partial charge in [-0.05, 0) is 17.5 Å². The number of rotatable bonds is 5. The zero-order valence-corrected chi connectivity index (χ0v) is 15.4. The molecule has 0 radical (unpaired) electrons. The second-order valence-corrected chi connectivity index (χ2v) is 7.49. The Labute approximate surface area is 148 Å². The lowest BCUT2D eigenvalue weighted by Crippen LogP contribution is -2.45. The third kappa shape index (κ3) is 4.98. The second-order valence-electron chi connectivity index (χ2n) is 6.30. The monoisotopic (exact) mass is 352 g/mol. The van der Waals surface area contributed by atoms with Gasteiger partial charge in [-0.3, -0.25) is 9.88 Å². The topological polar surface area (TPSA) is 41.1 Å². The lowest BCUT2D eigenvalue weighted by atomic mass is 10.1. The Kier molecular flexibility index (Phi) is 6.96. The zero-order valence-electron chi connectivity index (χ0n) is 13.7. The maximum atomic E-state index is 4.58. The van der Waals surface area contributed by atoms with E-state index in [-0.39, 0.29) is 12.4 Å². The Morgan fingerprint density at radius 2 is 2.26 bits per heavy atom. The third-order valence-corrected chi connectivity index (χ3v) is 4.97. The highest BCUT2D eigenvalue weighted by Gasteiger charge is 2.24. The molecule has 0 spiro atoms. The minimum Gasteiger partial charge on any atom is -0.314 e. The van der Waals surface area contributed by atoms with Gasteiger partial charge in [0.05, 0.1) is 5.01 Å². The second kappa shape index (κ2) is 8.73. The van der Waals surface area contributed by atoms with Crippen LogP contribution in [0.25, 0.3) is 0 Å². The fourth-order valence-corrected chi connectivity index (χ4v) is 4.06. The number of nitrogens with zero attached hydrogens (tertiary/aromatic N) is 3. The van der Waals surface area contributed by atoms with Gasteiger partial charge < -0.3 is 5.32 Å². The Morgan fingerprint density at radius 3 is 3.00 bits per heavy atom. The molecule has 6 heteroatoms. The minimum atomic E-state index is 0. The van der Waals surface area contributed by atoms with Gasteiger partial charge in [0.15, 0.2) is 0 Å². The first-order chi connectivity index (χ1) is 10.7. The van der Waals surface area contributed by atoms with Crippen molar-refractivity contribution in [3.8, 4) is 0 Å². The van der Waals surface area contributed by atoms with E-state index in [1.165, 1.54) is 15.4 Å². The summed E-state index contributed by atoms with van der Waals surface area (Å²) >= 11 is 1.86. The molecule has 0 bridgehead atoms. The third-order valence-electron chi connectivity index (χ3n) is 3.97. The molecule has 23 heavy (non-hydrogen) atoms. The summed E-state index contributed by atoms with van der Waals surface area (Å²) in [7, 11) is 0. The average Bonchev–Trinajstić information content (AvgIpc) is 2.95. The molecular weight excluding hydrogens is 328 g/mol. The number of aromatic nitrogens is 2. The van der Waals surface area contributed by atoms with E-state index in [1.807, 2.05) is 29.8 Å². The summed E-state index contributed by atoms with van der Waals surface area (Å²) < 4.78 is 0. The number of hydrogen-bond acceptors (Lipinski definition) is 5. The van der Waals surface area contributed by atoms with Crippen LogP contribution in [0, 0.1) is 5.92 Å². The molecular formula is C17H25ClN4S. The van der Waals surface area contributed by atoms with E-state index in [0.29, 0.717) is 12.0 Å². The zero-order chi connectivity index (χ0) is 15.4. The number of piperazine rings is 1. The van der Waals surface area contributed by atoms with Crippen LogP contribution in [0.3, 0.4) is 0 Å². The SMILES string of the molecule is CC(C)Cc1ncc(CN2CCNCC2c2cccnc2)s1.Cl. The van der Waals surface area contributed by atoms with Gasteiger partial charge in [0.25, 0.3) is 0 Å². The molecule has 0 amide bonds. The number of thiazole rings is 1. The van der Waals surface area contributed by atoms with Crippen molar-refractivity contribution in [1.29, 1.82) is 0 Å². The van der Waals surface area contributed by atoms with Gasteiger partial charge in [0.2, 0.25) is 0 Å². The summed E-state index contributed by atoms with van der Waals surface area (Å²) in [5.41, 5.74) is 1.29. The first-order valence-corrected chi connectivity index (χ1v) is 8.82. The molecule has 1 aliphatic heterocycles. The highest BCUT2D eigenvalue weighted by atomic mass is 35.5. The normalized spacial score (nSPS) is 18.8. The van der Waals surface area contributed by atoms with Crippen molar-refractivity contribution in [3.63, 3.8) is 0 Å². The van der Waals surface area contributed by atoms with Gasteiger partial charge in [-0.2, -0.15) is 0 Å². The van der Waals surface area contributed by atoms with Crippen LogP contribution in [0.15, 0.2) is 30.7 Å². The predicted octanol–water partition coefficient (Wildman–Crippen LogP) is 3.30. The van der Waals surface area contributed by atoms with Crippen LogP contribution >= 0.6 is 23.7 Å². The van der Waals surface area contributed by atoms with Crippen LogP contribution in [0.4, 0.5) is 0 Å². The fourth-order valence-electron chi connectivity index (χ4n) is 2.90. The Balaban J connectivity index is 0.00000192. The minimum absolute atomic E-state index is 0. The van der Waals surface area contributed by atoms with Crippen LogP contribution in [0.5, 0.6) is 0 Å². The van der Waals surface area contributed by atoms with E-state index in [9.17, 15) is 0 Å². The molecule has 1 atom stereocenters. The Bertz CT molecular complexity index is 587. The predicted molar refractivity (Wildman–Crippen MR) is 98.2 cm³/mol. The molecule has 1 saturated heterocycles. The molecule has 0 aliphatic carbocycles. The highest BCUT2D eigenvalue weighted by Crippen LogP contribution is 2.26. The highest BCUT2D eigenvalue weighted by molar-refractivity contribution is 7.11. The summed E-state index contributed by atoms with van der Waals surface area (Å²) in [6, 6.07) is 4.60. The van der Waals surface area contributed by atoms with Gasteiger partial charge in [-0.25, -0.2) is 4.98 Å².